The Morgan fingerprint density at radius 2 is 2.05 bits per heavy atom. The second kappa shape index (κ2) is 7.99. The molecule has 0 aliphatic heterocycles. The molecule has 0 radical (unpaired) electrons. The number of nitrogens with one attached hydrogen (secondary N) is 2. The summed E-state index contributed by atoms with van der Waals surface area (Å²) in [5, 5.41) is 4.79. The molecular formula is C15H21N3O2. The molecule has 0 heterocycles. The number of urea groups is 1. The third-order valence-corrected chi connectivity index (χ3v) is 2.83. The van der Waals surface area contributed by atoms with Crippen LogP contribution in [0.1, 0.15) is 12.5 Å². The molecule has 0 aliphatic carbocycles. The number of para-hydroxylation sites is 1. The minimum absolute atomic E-state index is 0.142. The number of hydrogen-bond acceptors (Lipinski definition) is 3. The molecule has 5 heteroatoms. The summed E-state index contributed by atoms with van der Waals surface area (Å²) in [6.45, 7) is 8.61. The van der Waals surface area contributed by atoms with Crippen LogP contribution in [-0.2, 0) is 4.79 Å². The Morgan fingerprint density at radius 1 is 1.35 bits per heavy atom. The van der Waals surface area contributed by atoms with Crippen LogP contribution in [0.5, 0.6) is 0 Å². The van der Waals surface area contributed by atoms with Crippen LogP contribution in [-0.4, -0.2) is 31.6 Å². The molecule has 0 saturated carbocycles. The fourth-order valence-electron chi connectivity index (χ4n) is 1.83. The number of carbonyl (C=O) groups excluding carboxylic acids is 2. The number of nitrogens with zero attached hydrogens (tertiary/aromatic N) is 1. The quantitative estimate of drug-likeness (QED) is 0.779. The zero-order valence-corrected chi connectivity index (χ0v) is 12.0. The maximum absolute atomic E-state index is 11.8. The minimum Gasteiger partial charge on any atom is -0.362 e. The molecule has 0 spiro atoms. The summed E-state index contributed by atoms with van der Waals surface area (Å²) in [6.07, 6.45) is 1.55. The molecule has 1 aromatic carbocycles. The van der Waals surface area contributed by atoms with Gasteiger partial charge >= 0.3 is 6.03 Å². The van der Waals surface area contributed by atoms with Crippen molar-refractivity contribution in [2.75, 3.05) is 24.5 Å². The van der Waals surface area contributed by atoms with Gasteiger partial charge in [-0.05, 0) is 25.5 Å². The summed E-state index contributed by atoms with van der Waals surface area (Å²) in [7, 11) is 0. The summed E-state index contributed by atoms with van der Waals surface area (Å²) in [6, 6.07) is 7.34. The lowest BCUT2D eigenvalue weighted by Gasteiger charge is -2.24. The summed E-state index contributed by atoms with van der Waals surface area (Å²) >= 11 is 0. The second-order valence-electron chi connectivity index (χ2n) is 4.35. The lowest BCUT2D eigenvalue weighted by atomic mass is 10.2. The average Bonchev–Trinajstić information content (AvgIpc) is 2.43. The number of imide groups is 1. The number of hydrogen-bond donors (Lipinski definition) is 2. The van der Waals surface area contributed by atoms with Gasteiger partial charge in [0.1, 0.15) is 0 Å². The highest BCUT2D eigenvalue weighted by Gasteiger charge is 2.13. The van der Waals surface area contributed by atoms with Crippen LogP contribution in [0, 0.1) is 6.92 Å². The Bertz CT molecular complexity index is 486. The van der Waals surface area contributed by atoms with Crippen LogP contribution < -0.4 is 15.5 Å². The van der Waals surface area contributed by atoms with Gasteiger partial charge in [0.25, 0.3) is 0 Å². The van der Waals surface area contributed by atoms with Crippen LogP contribution in [0.25, 0.3) is 0 Å². The van der Waals surface area contributed by atoms with E-state index < -0.39 is 6.03 Å². The Balaban J connectivity index is 2.60. The lowest BCUT2D eigenvalue weighted by Crippen LogP contribution is -2.44. The number of aryl methyl sites for hydroxylation is 1. The SMILES string of the molecule is C=CCNC(=O)NC(=O)CN(CC)c1ccccc1C. The molecular weight excluding hydrogens is 254 g/mol. The predicted molar refractivity (Wildman–Crippen MR) is 80.8 cm³/mol. The van der Waals surface area contributed by atoms with E-state index in [1.807, 2.05) is 43.0 Å². The highest BCUT2D eigenvalue weighted by molar-refractivity contribution is 5.96. The van der Waals surface area contributed by atoms with E-state index in [1.165, 1.54) is 0 Å². The zero-order chi connectivity index (χ0) is 15.0. The molecule has 1 rings (SSSR count). The topological polar surface area (TPSA) is 61.4 Å². The standard InChI is InChI=1S/C15H21N3O2/c1-4-10-16-15(20)17-14(19)11-18(5-2)13-9-7-6-8-12(13)3/h4,6-9H,1,5,10-11H2,2-3H3,(H2,16,17,19,20). The second-order valence-corrected chi connectivity index (χ2v) is 4.35. The zero-order valence-electron chi connectivity index (χ0n) is 12.0. The van der Waals surface area contributed by atoms with Gasteiger partial charge in [-0.2, -0.15) is 0 Å². The molecule has 0 unspecified atom stereocenters. The van der Waals surface area contributed by atoms with Gasteiger partial charge in [-0.1, -0.05) is 24.3 Å². The van der Waals surface area contributed by atoms with Gasteiger partial charge in [0, 0.05) is 18.8 Å². The molecule has 0 fully saturated rings. The molecule has 3 amide bonds. The first-order chi connectivity index (χ1) is 9.58. The first-order valence-corrected chi connectivity index (χ1v) is 6.57. The number of anilines is 1. The highest BCUT2D eigenvalue weighted by atomic mass is 16.2. The number of likely N-dealkylation sites (N-methyl/N-ethyl adjacent to an activating group) is 1. The highest BCUT2D eigenvalue weighted by Crippen LogP contribution is 2.18. The van der Waals surface area contributed by atoms with Gasteiger partial charge in [0.2, 0.25) is 5.91 Å². The van der Waals surface area contributed by atoms with E-state index >= 15 is 0 Å². The van der Waals surface area contributed by atoms with Crippen molar-refractivity contribution >= 4 is 17.6 Å². The normalized spacial score (nSPS) is 9.70. The molecule has 20 heavy (non-hydrogen) atoms. The Morgan fingerprint density at radius 3 is 2.65 bits per heavy atom. The molecule has 2 N–H and O–H groups in total. The van der Waals surface area contributed by atoms with Crippen LogP contribution in [0.15, 0.2) is 36.9 Å². The lowest BCUT2D eigenvalue weighted by molar-refractivity contribution is -0.118. The van der Waals surface area contributed by atoms with E-state index in [4.69, 9.17) is 0 Å². The minimum atomic E-state index is -0.504. The van der Waals surface area contributed by atoms with Crippen LogP contribution in [0.3, 0.4) is 0 Å². The largest absolute Gasteiger partial charge is 0.362 e. The summed E-state index contributed by atoms with van der Waals surface area (Å²) in [5.74, 6) is -0.336. The first kappa shape index (κ1) is 15.8. The van der Waals surface area contributed by atoms with E-state index in [0.29, 0.717) is 13.1 Å². The third-order valence-electron chi connectivity index (χ3n) is 2.83. The van der Waals surface area contributed by atoms with Crippen molar-refractivity contribution in [2.45, 2.75) is 13.8 Å². The van der Waals surface area contributed by atoms with Gasteiger partial charge in [0.05, 0.1) is 6.54 Å². The van der Waals surface area contributed by atoms with E-state index in [9.17, 15) is 9.59 Å². The Hall–Kier alpha value is -2.30. The Labute approximate surface area is 119 Å². The fraction of sp³-hybridized carbons (Fsp3) is 0.333. The van der Waals surface area contributed by atoms with Crippen LogP contribution in [0.4, 0.5) is 10.5 Å². The average molecular weight is 275 g/mol. The van der Waals surface area contributed by atoms with Crippen molar-refractivity contribution in [1.82, 2.24) is 10.6 Å². The molecule has 0 saturated heterocycles. The molecule has 108 valence electrons. The van der Waals surface area contributed by atoms with Crippen molar-refractivity contribution in [2.24, 2.45) is 0 Å². The molecule has 0 atom stereocenters. The molecule has 0 aromatic heterocycles. The maximum Gasteiger partial charge on any atom is 0.321 e. The number of benzene rings is 1. The van der Waals surface area contributed by atoms with Crippen molar-refractivity contribution in [3.8, 4) is 0 Å². The van der Waals surface area contributed by atoms with Gasteiger partial charge in [0.15, 0.2) is 0 Å². The van der Waals surface area contributed by atoms with Gasteiger partial charge in [-0.25, -0.2) is 4.79 Å². The summed E-state index contributed by atoms with van der Waals surface area (Å²) in [5.41, 5.74) is 2.09. The first-order valence-electron chi connectivity index (χ1n) is 6.57. The Kier molecular flexibility index (Phi) is 6.29. The fourth-order valence-corrected chi connectivity index (χ4v) is 1.83. The van der Waals surface area contributed by atoms with E-state index in [1.54, 1.807) is 6.08 Å². The van der Waals surface area contributed by atoms with Crippen molar-refractivity contribution in [3.05, 3.63) is 42.5 Å². The van der Waals surface area contributed by atoms with Crippen molar-refractivity contribution < 1.29 is 9.59 Å². The smallest absolute Gasteiger partial charge is 0.321 e. The van der Waals surface area contributed by atoms with Gasteiger partial charge < -0.3 is 10.2 Å². The van der Waals surface area contributed by atoms with Crippen molar-refractivity contribution in [1.29, 1.82) is 0 Å². The van der Waals surface area contributed by atoms with Crippen LogP contribution in [0.2, 0.25) is 0 Å². The van der Waals surface area contributed by atoms with Gasteiger partial charge in [-0.3, -0.25) is 10.1 Å². The molecule has 0 aliphatic rings. The summed E-state index contributed by atoms with van der Waals surface area (Å²) in [4.78, 5) is 25.1. The predicted octanol–water partition coefficient (Wildman–Crippen LogP) is 1.83. The number of carbonyl (C=O) groups is 2. The number of amides is 3. The van der Waals surface area contributed by atoms with Crippen molar-refractivity contribution in [3.63, 3.8) is 0 Å². The third kappa shape index (κ3) is 4.76. The molecule has 0 bridgehead atoms. The van der Waals surface area contributed by atoms with E-state index in [0.717, 1.165) is 11.3 Å². The molecule has 5 nitrogen and oxygen atoms in total. The van der Waals surface area contributed by atoms with Gasteiger partial charge in [-0.15, -0.1) is 6.58 Å². The van der Waals surface area contributed by atoms with E-state index in [2.05, 4.69) is 17.2 Å². The maximum atomic E-state index is 11.8. The number of rotatable bonds is 6. The monoisotopic (exact) mass is 275 g/mol. The van der Waals surface area contributed by atoms with E-state index in [-0.39, 0.29) is 12.5 Å². The molecule has 1 aromatic rings. The summed E-state index contributed by atoms with van der Waals surface area (Å²) < 4.78 is 0. The van der Waals surface area contributed by atoms with Crippen LogP contribution >= 0.6 is 0 Å².